The minimum atomic E-state index is -0.235. The Hall–Kier alpha value is -1.35. The van der Waals surface area contributed by atoms with E-state index in [4.69, 9.17) is 4.74 Å². The molecular weight excluding hydrogens is 307 g/mol. The largest absolute Gasteiger partial charge is 0.494 e. The van der Waals surface area contributed by atoms with Gasteiger partial charge in [-0.3, -0.25) is 0 Å². The third-order valence-corrected chi connectivity index (χ3v) is 3.53. The fourth-order valence-corrected chi connectivity index (χ4v) is 2.28. The first-order valence-corrected chi connectivity index (χ1v) is 7.18. The molecule has 0 saturated heterocycles. The van der Waals surface area contributed by atoms with Gasteiger partial charge in [-0.25, -0.2) is 4.39 Å². The van der Waals surface area contributed by atoms with Crippen LogP contribution in [-0.2, 0) is 0 Å². The summed E-state index contributed by atoms with van der Waals surface area (Å²) in [6.07, 6.45) is 2.14. The van der Waals surface area contributed by atoms with Crippen molar-refractivity contribution in [3.8, 4) is 16.9 Å². The first-order chi connectivity index (χ1) is 9.20. The number of halogens is 2. The summed E-state index contributed by atoms with van der Waals surface area (Å²) >= 11 is 3.50. The van der Waals surface area contributed by atoms with Gasteiger partial charge >= 0.3 is 0 Å². The summed E-state index contributed by atoms with van der Waals surface area (Å²) in [5.74, 6) is 0.581. The summed E-state index contributed by atoms with van der Waals surface area (Å²) in [5.41, 5.74) is 1.78. The van der Waals surface area contributed by atoms with Crippen molar-refractivity contribution >= 4 is 15.9 Å². The minimum Gasteiger partial charge on any atom is -0.494 e. The predicted molar refractivity (Wildman–Crippen MR) is 79.9 cm³/mol. The first-order valence-electron chi connectivity index (χ1n) is 6.39. The van der Waals surface area contributed by atoms with E-state index < -0.39 is 0 Å². The maximum Gasteiger partial charge on any atom is 0.123 e. The third-order valence-electron chi connectivity index (χ3n) is 2.84. The van der Waals surface area contributed by atoms with E-state index in [1.807, 2.05) is 24.3 Å². The lowest BCUT2D eigenvalue weighted by molar-refractivity contribution is 0.309. The van der Waals surface area contributed by atoms with Gasteiger partial charge in [0.15, 0.2) is 0 Å². The van der Waals surface area contributed by atoms with E-state index in [1.165, 1.54) is 12.1 Å². The van der Waals surface area contributed by atoms with Crippen molar-refractivity contribution in [2.45, 2.75) is 19.8 Å². The van der Waals surface area contributed by atoms with Gasteiger partial charge in [0.1, 0.15) is 11.6 Å². The summed E-state index contributed by atoms with van der Waals surface area (Å²) in [6.45, 7) is 2.84. The maximum absolute atomic E-state index is 13.3. The standard InChI is InChI=1S/C16H16BrFO/c1-2-3-9-19-14-7-8-16(17)15(11-14)12-5-4-6-13(18)10-12/h4-8,10-11H,2-3,9H2,1H3. The van der Waals surface area contributed by atoms with Gasteiger partial charge in [0.2, 0.25) is 0 Å². The molecule has 0 unspecified atom stereocenters. The van der Waals surface area contributed by atoms with Crippen LogP contribution in [0.3, 0.4) is 0 Å². The molecule has 0 N–H and O–H groups in total. The lowest BCUT2D eigenvalue weighted by Crippen LogP contribution is -1.96. The quantitative estimate of drug-likeness (QED) is 0.666. The fraction of sp³-hybridized carbons (Fsp3) is 0.250. The van der Waals surface area contributed by atoms with Gasteiger partial charge in [-0.15, -0.1) is 0 Å². The van der Waals surface area contributed by atoms with Crippen molar-refractivity contribution < 1.29 is 9.13 Å². The van der Waals surface area contributed by atoms with Crippen LogP contribution in [0.1, 0.15) is 19.8 Å². The highest BCUT2D eigenvalue weighted by Crippen LogP contribution is 2.32. The molecule has 19 heavy (non-hydrogen) atoms. The molecule has 2 aromatic rings. The van der Waals surface area contributed by atoms with E-state index >= 15 is 0 Å². The summed E-state index contributed by atoms with van der Waals surface area (Å²) in [5, 5.41) is 0. The number of benzene rings is 2. The lowest BCUT2D eigenvalue weighted by Gasteiger charge is -2.10. The fourth-order valence-electron chi connectivity index (χ4n) is 1.81. The van der Waals surface area contributed by atoms with Crippen molar-refractivity contribution in [1.29, 1.82) is 0 Å². The highest BCUT2D eigenvalue weighted by Gasteiger charge is 2.06. The second-order valence-corrected chi connectivity index (χ2v) is 5.21. The monoisotopic (exact) mass is 322 g/mol. The molecule has 1 nitrogen and oxygen atoms in total. The Kier molecular flexibility index (Phi) is 4.97. The zero-order valence-electron chi connectivity index (χ0n) is 10.8. The molecule has 0 bridgehead atoms. The number of rotatable bonds is 5. The van der Waals surface area contributed by atoms with Crippen molar-refractivity contribution in [3.63, 3.8) is 0 Å². The zero-order valence-corrected chi connectivity index (χ0v) is 12.4. The average molecular weight is 323 g/mol. The molecule has 0 aliphatic rings. The molecule has 0 saturated carbocycles. The van der Waals surface area contributed by atoms with Crippen molar-refractivity contribution in [2.75, 3.05) is 6.61 Å². The second kappa shape index (κ2) is 6.71. The molecule has 3 heteroatoms. The van der Waals surface area contributed by atoms with Crippen LogP contribution in [0, 0.1) is 5.82 Å². The zero-order chi connectivity index (χ0) is 13.7. The molecule has 2 aromatic carbocycles. The Morgan fingerprint density at radius 1 is 1.16 bits per heavy atom. The molecular formula is C16H16BrFO. The van der Waals surface area contributed by atoms with Gasteiger partial charge in [-0.05, 0) is 47.9 Å². The van der Waals surface area contributed by atoms with Crippen LogP contribution in [-0.4, -0.2) is 6.61 Å². The smallest absolute Gasteiger partial charge is 0.123 e. The highest BCUT2D eigenvalue weighted by molar-refractivity contribution is 9.10. The average Bonchev–Trinajstić information content (AvgIpc) is 2.41. The molecule has 100 valence electrons. The Bertz CT molecular complexity index is 554. The van der Waals surface area contributed by atoms with Crippen molar-refractivity contribution in [3.05, 3.63) is 52.8 Å². The second-order valence-electron chi connectivity index (χ2n) is 4.35. The number of unbranched alkanes of at least 4 members (excludes halogenated alkanes) is 1. The van der Waals surface area contributed by atoms with Gasteiger partial charge in [0.25, 0.3) is 0 Å². The summed E-state index contributed by atoms with van der Waals surface area (Å²) in [4.78, 5) is 0. The van der Waals surface area contributed by atoms with Gasteiger partial charge in [-0.2, -0.15) is 0 Å². The number of hydrogen-bond donors (Lipinski definition) is 0. The molecule has 0 spiro atoms. The molecule has 0 amide bonds. The van der Waals surface area contributed by atoms with E-state index in [0.717, 1.165) is 34.2 Å². The topological polar surface area (TPSA) is 9.23 Å². The molecule has 0 fully saturated rings. The van der Waals surface area contributed by atoms with Crippen LogP contribution in [0.5, 0.6) is 5.75 Å². The van der Waals surface area contributed by atoms with Crippen molar-refractivity contribution in [1.82, 2.24) is 0 Å². The van der Waals surface area contributed by atoms with Crippen LogP contribution in [0.15, 0.2) is 46.9 Å². The van der Waals surface area contributed by atoms with Crippen LogP contribution < -0.4 is 4.74 Å². The molecule has 0 heterocycles. The van der Waals surface area contributed by atoms with E-state index in [-0.39, 0.29) is 5.82 Å². The third kappa shape index (κ3) is 3.80. The summed E-state index contributed by atoms with van der Waals surface area (Å²) < 4.78 is 19.9. The van der Waals surface area contributed by atoms with Gasteiger partial charge in [-0.1, -0.05) is 41.4 Å². The Morgan fingerprint density at radius 2 is 2.00 bits per heavy atom. The van der Waals surface area contributed by atoms with Crippen LogP contribution >= 0.6 is 15.9 Å². The Labute approximate surface area is 121 Å². The molecule has 0 atom stereocenters. The maximum atomic E-state index is 13.3. The van der Waals surface area contributed by atoms with E-state index in [2.05, 4.69) is 22.9 Å². The van der Waals surface area contributed by atoms with Crippen LogP contribution in [0.25, 0.3) is 11.1 Å². The van der Waals surface area contributed by atoms with Gasteiger partial charge in [0.05, 0.1) is 6.61 Å². The minimum absolute atomic E-state index is 0.235. The summed E-state index contributed by atoms with van der Waals surface area (Å²) in [6, 6.07) is 12.4. The van der Waals surface area contributed by atoms with Crippen LogP contribution in [0.2, 0.25) is 0 Å². The highest BCUT2D eigenvalue weighted by atomic mass is 79.9. The molecule has 0 aliphatic carbocycles. The molecule has 2 rings (SSSR count). The number of ether oxygens (including phenoxy) is 1. The Balaban J connectivity index is 2.26. The van der Waals surface area contributed by atoms with E-state index in [1.54, 1.807) is 6.07 Å². The van der Waals surface area contributed by atoms with E-state index in [9.17, 15) is 4.39 Å². The molecule has 0 radical (unpaired) electrons. The summed E-state index contributed by atoms with van der Waals surface area (Å²) in [7, 11) is 0. The predicted octanol–water partition coefficient (Wildman–Crippen LogP) is 5.43. The van der Waals surface area contributed by atoms with Gasteiger partial charge in [0, 0.05) is 4.47 Å². The Morgan fingerprint density at radius 3 is 2.74 bits per heavy atom. The first kappa shape index (κ1) is 14.1. The normalized spacial score (nSPS) is 10.5. The molecule has 0 aromatic heterocycles. The van der Waals surface area contributed by atoms with Crippen molar-refractivity contribution in [2.24, 2.45) is 0 Å². The SMILES string of the molecule is CCCCOc1ccc(Br)c(-c2cccc(F)c2)c1. The number of hydrogen-bond acceptors (Lipinski definition) is 1. The molecule has 0 aliphatic heterocycles. The van der Waals surface area contributed by atoms with Gasteiger partial charge < -0.3 is 4.74 Å². The van der Waals surface area contributed by atoms with Crippen LogP contribution in [0.4, 0.5) is 4.39 Å². The van der Waals surface area contributed by atoms with E-state index in [0.29, 0.717) is 6.61 Å². The lowest BCUT2D eigenvalue weighted by atomic mass is 10.1.